The Morgan fingerprint density at radius 3 is 2.67 bits per heavy atom. The number of hydrogen-bond acceptors (Lipinski definition) is 2. The lowest BCUT2D eigenvalue weighted by Crippen LogP contribution is -2.19. The van der Waals surface area contributed by atoms with Gasteiger partial charge in [-0.2, -0.15) is 0 Å². The summed E-state index contributed by atoms with van der Waals surface area (Å²) in [6, 6.07) is 9.46. The van der Waals surface area contributed by atoms with Gasteiger partial charge in [0, 0.05) is 22.9 Å². The molecular weight excluding hydrogens is 381 g/mol. The molecule has 0 saturated carbocycles. The highest BCUT2D eigenvalue weighted by Gasteiger charge is 2.16. The Morgan fingerprint density at radius 1 is 1.28 bits per heavy atom. The molecule has 2 aromatic rings. The van der Waals surface area contributed by atoms with Gasteiger partial charge in [-0.25, -0.2) is 4.39 Å². The standard InChI is InChI=1S/C13H12Br2FNS/c1-17-11(7-8-5-6-12(15)18-8)9-3-2-4-10(14)13(9)16/h2-6,11,17H,7H2,1H3. The molecule has 0 aliphatic heterocycles. The van der Waals surface area contributed by atoms with Gasteiger partial charge in [-0.15, -0.1) is 11.3 Å². The van der Waals surface area contributed by atoms with Crippen LogP contribution in [-0.4, -0.2) is 7.05 Å². The summed E-state index contributed by atoms with van der Waals surface area (Å²) in [5.41, 5.74) is 0.691. The second-order valence-corrected chi connectivity index (χ2v) is 7.30. The third-order valence-electron chi connectivity index (χ3n) is 2.74. The van der Waals surface area contributed by atoms with Crippen LogP contribution in [0.1, 0.15) is 16.5 Å². The van der Waals surface area contributed by atoms with E-state index in [9.17, 15) is 4.39 Å². The van der Waals surface area contributed by atoms with Crippen LogP contribution in [0.2, 0.25) is 0 Å². The van der Waals surface area contributed by atoms with E-state index in [1.165, 1.54) is 4.88 Å². The SMILES string of the molecule is CNC(Cc1ccc(Br)s1)c1cccc(Br)c1F. The molecule has 1 aromatic heterocycles. The topological polar surface area (TPSA) is 12.0 Å². The molecule has 96 valence electrons. The zero-order chi connectivity index (χ0) is 13.1. The predicted molar refractivity (Wildman–Crippen MR) is 81.6 cm³/mol. The van der Waals surface area contributed by atoms with Crippen molar-refractivity contribution in [3.05, 3.63) is 54.8 Å². The molecule has 0 saturated heterocycles. The van der Waals surface area contributed by atoms with Crippen molar-refractivity contribution in [1.29, 1.82) is 0 Å². The zero-order valence-corrected chi connectivity index (χ0v) is 13.7. The highest BCUT2D eigenvalue weighted by Crippen LogP contribution is 2.29. The molecule has 1 N–H and O–H groups in total. The number of likely N-dealkylation sites (N-methyl/N-ethyl adjacent to an activating group) is 1. The van der Waals surface area contributed by atoms with Gasteiger partial charge in [-0.05, 0) is 57.1 Å². The van der Waals surface area contributed by atoms with Crippen LogP contribution in [0.25, 0.3) is 0 Å². The third-order valence-corrected chi connectivity index (χ3v) is 5.00. The molecule has 0 radical (unpaired) electrons. The van der Waals surface area contributed by atoms with E-state index in [0.29, 0.717) is 10.0 Å². The summed E-state index contributed by atoms with van der Waals surface area (Å²) in [5, 5.41) is 3.17. The summed E-state index contributed by atoms with van der Waals surface area (Å²) in [4.78, 5) is 1.22. The van der Waals surface area contributed by atoms with Crippen LogP contribution in [0, 0.1) is 5.82 Å². The van der Waals surface area contributed by atoms with Crippen LogP contribution < -0.4 is 5.32 Å². The van der Waals surface area contributed by atoms with Crippen LogP contribution in [0.15, 0.2) is 38.6 Å². The van der Waals surface area contributed by atoms with E-state index in [-0.39, 0.29) is 11.9 Å². The molecule has 0 aliphatic rings. The van der Waals surface area contributed by atoms with E-state index in [1.54, 1.807) is 17.4 Å². The van der Waals surface area contributed by atoms with E-state index < -0.39 is 0 Å². The van der Waals surface area contributed by atoms with Gasteiger partial charge in [0.25, 0.3) is 0 Å². The molecule has 18 heavy (non-hydrogen) atoms. The average Bonchev–Trinajstić information content (AvgIpc) is 2.76. The second-order valence-electron chi connectivity index (χ2n) is 3.89. The maximum Gasteiger partial charge on any atom is 0.142 e. The number of benzene rings is 1. The van der Waals surface area contributed by atoms with Crippen molar-refractivity contribution < 1.29 is 4.39 Å². The van der Waals surface area contributed by atoms with Crippen molar-refractivity contribution in [3.63, 3.8) is 0 Å². The first-order valence-electron chi connectivity index (χ1n) is 5.47. The first-order valence-corrected chi connectivity index (χ1v) is 7.87. The monoisotopic (exact) mass is 391 g/mol. The minimum atomic E-state index is -0.188. The number of nitrogens with one attached hydrogen (secondary N) is 1. The lowest BCUT2D eigenvalue weighted by molar-refractivity contribution is 0.533. The predicted octanol–water partition coefficient (Wildman–Crippen LogP) is 4.92. The fourth-order valence-corrected chi connectivity index (χ4v) is 3.73. The number of hydrogen-bond donors (Lipinski definition) is 1. The molecule has 1 atom stereocenters. The first kappa shape index (κ1) is 14.2. The van der Waals surface area contributed by atoms with Crippen molar-refractivity contribution in [2.45, 2.75) is 12.5 Å². The van der Waals surface area contributed by atoms with Crippen LogP contribution in [0.4, 0.5) is 4.39 Å². The van der Waals surface area contributed by atoms with Gasteiger partial charge in [0.05, 0.1) is 8.26 Å². The Labute approximate surface area is 127 Å². The van der Waals surface area contributed by atoms with Gasteiger partial charge in [0.1, 0.15) is 5.82 Å². The number of rotatable bonds is 4. The zero-order valence-electron chi connectivity index (χ0n) is 9.71. The Morgan fingerprint density at radius 2 is 2.06 bits per heavy atom. The van der Waals surface area contributed by atoms with Crippen molar-refractivity contribution in [3.8, 4) is 0 Å². The van der Waals surface area contributed by atoms with E-state index in [2.05, 4.69) is 43.2 Å². The van der Waals surface area contributed by atoms with E-state index in [4.69, 9.17) is 0 Å². The summed E-state index contributed by atoms with van der Waals surface area (Å²) in [6.45, 7) is 0. The lowest BCUT2D eigenvalue weighted by Gasteiger charge is -2.17. The first-order chi connectivity index (χ1) is 8.61. The molecular formula is C13H12Br2FNS. The van der Waals surface area contributed by atoms with Gasteiger partial charge >= 0.3 is 0 Å². The molecule has 0 fully saturated rings. The summed E-state index contributed by atoms with van der Waals surface area (Å²) in [7, 11) is 1.85. The summed E-state index contributed by atoms with van der Waals surface area (Å²) < 4.78 is 15.7. The van der Waals surface area contributed by atoms with Crippen molar-refractivity contribution >= 4 is 43.2 Å². The molecule has 1 nitrogen and oxygen atoms in total. The molecule has 0 spiro atoms. The van der Waals surface area contributed by atoms with Gasteiger partial charge in [0.2, 0.25) is 0 Å². The minimum Gasteiger partial charge on any atom is -0.313 e. The smallest absolute Gasteiger partial charge is 0.142 e. The minimum absolute atomic E-state index is 0.0203. The Kier molecular flexibility index (Phi) is 4.95. The van der Waals surface area contributed by atoms with Gasteiger partial charge in [-0.1, -0.05) is 12.1 Å². The van der Waals surface area contributed by atoms with Gasteiger partial charge in [-0.3, -0.25) is 0 Å². The van der Waals surface area contributed by atoms with E-state index in [1.807, 2.05) is 25.2 Å². The van der Waals surface area contributed by atoms with Gasteiger partial charge < -0.3 is 5.32 Å². The molecule has 5 heteroatoms. The molecule has 1 aromatic carbocycles. The molecule has 0 bridgehead atoms. The highest BCUT2D eigenvalue weighted by molar-refractivity contribution is 9.11. The lowest BCUT2D eigenvalue weighted by atomic mass is 10.0. The number of halogens is 3. The van der Waals surface area contributed by atoms with Crippen molar-refractivity contribution in [2.24, 2.45) is 0 Å². The molecule has 0 amide bonds. The number of thiophene rings is 1. The maximum atomic E-state index is 14.1. The molecule has 2 rings (SSSR count). The van der Waals surface area contributed by atoms with Crippen molar-refractivity contribution in [2.75, 3.05) is 7.05 Å². The fourth-order valence-electron chi connectivity index (χ4n) is 1.82. The van der Waals surface area contributed by atoms with E-state index >= 15 is 0 Å². The quantitative estimate of drug-likeness (QED) is 0.778. The largest absolute Gasteiger partial charge is 0.313 e. The normalized spacial score (nSPS) is 12.7. The maximum absolute atomic E-state index is 14.1. The van der Waals surface area contributed by atoms with Crippen LogP contribution in [-0.2, 0) is 6.42 Å². The van der Waals surface area contributed by atoms with Crippen molar-refractivity contribution in [1.82, 2.24) is 5.32 Å². The Bertz CT molecular complexity index is 542. The summed E-state index contributed by atoms with van der Waals surface area (Å²) in [5.74, 6) is -0.188. The highest BCUT2D eigenvalue weighted by atomic mass is 79.9. The molecule has 0 aliphatic carbocycles. The summed E-state index contributed by atoms with van der Waals surface area (Å²) in [6.07, 6.45) is 0.778. The third kappa shape index (κ3) is 3.20. The summed E-state index contributed by atoms with van der Waals surface area (Å²) >= 11 is 8.35. The van der Waals surface area contributed by atoms with Crippen LogP contribution >= 0.6 is 43.2 Å². The average molecular weight is 393 g/mol. The van der Waals surface area contributed by atoms with Crippen LogP contribution in [0.5, 0.6) is 0 Å². The van der Waals surface area contributed by atoms with Crippen LogP contribution in [0.3, 0.4) is 0 Å². The Balaban J connectivity index is 2.25. The van der Waals surface area contributed by atoms with E-state index in [0.717, 1.165) is 10.2 Å². The second kappa shape index (κ2) is 6.28. The molecule has 1 unspecified atom stereocenters. The Hall–Kier alpha value is -0.230. The van der Waals surface area contributed by atoms with Gasteiger partial charge in [0.15, 0.2) is 0 Å². The fraction of sp³-hybridized carbons (Fsp3) is 0.231. The molecule has 1 heterocycles.